The number of aryl methyl sites for hydroxylation is 1. The Labute approximate surface area is 194 Å². The molecule has 4 nitrogen and oxygen atoms in total. The third-order valence-corrected chi connectivity index (χ3v) is 9.00. The van der Waals surface area contributed by atoms with E-state index in [0.717, 1.165) is 56.1 Å². The zero-order valence-corrected chi connectivity index (χ0v) is 19.7. The van der Waals surface area contributed by atoms with Gasteiger partial charge < -0.3 is 19.7 Å². The van der Waals surface area contributed by atoms with Crippen molar-refractivity contribution in [2.24, 2.45) is 17.3 Å². The molecule has 33 heavy (non-hydrogen) atoms. The van der Waals surface area contributed by atoms with Gasteiger partial charge in [-0.15, -0.1) is 0 Å². The smallest absolute Gasteiger partial charge is 0.419 e. The van der Waals surface area contributed by atoms with Gasteiger partial charge >= 0.3 is 6.18 Å². The van der Waals surface area contributed by atoms with E-state index in [1.807, 2.05) is 0 Å². The van der Waals surface area contributed by atoms with E-state index in [-0.39, 0.29) is 36.9 Å². The number of aliphatic hydroxyl groups is 2. The SMILES string of the molecule is COCCOc1cc2c(cc1C(F)(F)F)C1CCC3(C)C(CCC3(O)CCCCO)C1CC2. The van der Waals surface area contributed by atoms with Crippen molar-refractivity contribution >= 4 is 0 Å². The second-order valence-corrected chi connectivity index (χ2v) is 10.5. The van der Waals surface area contributed by atoms with Gasteiger partial charge in [-0.25, -0.2) is 0 Å². The highest BCUT2D eigenvalue weighted by Gasteiger charge is 2.61. The van der Waals surface area contributed by atoms with Gasteiger partial charge in [-0.3, -0.25) is 0 Å². The lowest BCUT2D eigenvalue weighted by atomic mass is 9.53. The van der Waals surface area contributed by atoms with Crippen LogP contribution in [0.15, 0.2) is 12.1 Å². The number of hydrogen-bond donors (Lipinski definition) is 2. The van der Waals surface area contributed by atoms with Gasteiger partial charge in [-0.05, 0) is 104 Å². The fourth-order valence-electron chi connectivity index (χ4n) is 7.22. The minimum atomic E-state index is -4.48. The monoisotopic (exact) mass is 470 g/mol. The lowest BCUT2D eigenvalue weighted by Crippen LogP contribution is -2.50. The van der Waals surface area contributed by atoms with Crippen LogP contribution in [-0.2, 0) is 17.3 Å². The van der Waals surface area contributed by atoms with Gasteiger partial charge in [-0.2, -0.15) is 13.2 Å². The van der Waals surface area contributed by atoms with E-state index in [0.29, 0.717) is 24.7 Å². The summed E-state index contributed by atoms with van der Waals surface area (Å²) in [6.45, 7) is 2.65. The largest absolute Gasteiger partial charge is 0.491 e. The van der Waals surface area contributed by atoms with Crippen LogP contribution in [0.25, 0.3) is 0 Å². The van der Waals surface area contributed by atoms with Crippen LogP contribution in [0.3, 0.4) is 0 Å². The van der Waals surface area contributed by atoms with Crippen LogP contribution < -0.4 is 4.74 Å². The van der Waals surface area contributed by atoms with E-state index in [1.165, 1.54) is 13.2 Å². The highest BCUT2D eigenvalue weighted by Crippen LogP contribution is 2.65. The predicted octanol–water partition coefficient (Wildman–Crippen LogP) is 5.48. The third kappa shape index (κ3) is 4.41. The van der Waals surface area contributed by atoms with Crippen LogP contribution in [-0.4, -0.2) is 42.7 Å². The number of ether oxygens (including phenoxy) is 2. The van der Waals surface area contributed by atoms with Gasteiger partial charge in [-0.1, -0.05) is 6.92 Å². The van der Waals surface area contributed by atoms with Crippen LogP contribution in [0.4, 0.5) is 13.2 Å². The standard InChI is InChI=1S/C26H37F3O4/c1-24-10-7-18-19(21(24)8-11-25(24,31)9-3-4-12-30)6-5-17-15-23(33-14-13-32-2)22(16-20(17)18)26(27,28)29/h15-16,18-19,21,30-31H,3-14H2,1-2H3. The van der Waals surface area contributed by atoms with E-state index in [4.69, 9.17) is 14.6 Å². The Morgan fingerprint density at radius 2 is 1.88 bits per heavy atom. The summed E-state index contributed by atoms with van der Waals surface area (Å²) in [5.74, 6) is 0.609. The molecule has 0 bridgehead atoms. The summed E-state index contributed by atoms with van der Waals surface area (Å²) in [4.78, 5) is 0. The number of methoxy groups -OCH3 is 1. The molecule has 0 heterocycles. The minimum Gasteiger partial charge on any atom is -0.491 e. The molecule has 0 saturated heterocycles. The predicted molar refractivity (Wildman–Crippen MR) is 119 cm³/mol. The fourth-order valence-corrected chi connectivity index (χ4v) is 7.22. The number of aliphatic hydroxyl groups excluding tert-OH is 1. The molecule has 2 saturated carbocycles. The molecule has 2 N–H and O–H groups in total. The van der Waals surface area contributed by atoms with Gasteiger partial charge in [0, 0.05) is 13.7 Å². The van der Waals surface area contributed by atoms with Crippen molar-refractivity contribution in [1.29, 1.82) is 0 Å². The van der Waals surface area contributed by atoms with Crippen molar-refractivity contribution in [3.8, 4) is 5.75 Å². The number of hydrogen-bond acceptors (Lipinski definition) is 4. The molecule has 0 spiro atoms. The Hall–Kier alpha value is -1.31. The van der Waals surface area contributed by atoms with E-state index < -0.39 is 17.3 Å². The van der Waals surface area contributed by atoms with Gasteiger partial charge in [0.25, 0.3) is 0 Å². The first-order valence-corrected chi connectivity index (χ1v) is 12.3. The van der Waals surface area contributed by atoms with Crippen LogP contribution in [0, 0.1) is 17.3 Å². The number of rotatable bonds is 8. The molecule has 7 heteroatoms. The molecule has 3 aliphatic rings. The Morgan fingerprint density at radius 1 is 1.09 bits per heavy atom. The molecule has 1 aromatic rings. The lowest BCUT2D eigenvalue weighted by Gasteiger charge is -2.53. The summed E-state index contributed by atoms with van der Waals surface area (Å²) in [6.07, 6.45) is 2.67. The van der Waals surface area contributed by atoms with Gasteiger partial charge in [0.2, 0.25) is 0 Å². The quantitative estimate of drug-likeness (QED) is 0.494. The summed E-state index contributed by atoms with van der Waals surface area (Å²) in [7, 11) is 1.49. The summed E-state index contributed by atoms with van der Waals surface area (Å²) in [5, 5.41) is 20.7. The van der Waals surface area contributed by atoms with E-state index in [9.17, 15) is 18.3 Å². The third-order valence-electron chi connectivity index (χ3n) is 9.00. The van der Waals surface area contributed by atoms with Crippen LogP contribution >= 0.6 is 0 Å². The maximum absolute atomic E-state index is 13.9. The van der Waals surface area contributed by atoms with E-state index in [1.54, 1.807) is 6.07 Å². The van der Waals surface area contributed by atoms with Gasteiger partial charge in [0.05, 0.1) is 17.8 Å². The molecule has 5 atom stereocenters. The molecule has 3 aliphatic carbocycles. The molecule has 0 aromatic heterocycles. The topological polar surface area (TPSA) is 58.9 Å². The number of fused-ring (bicyclic) bond motifs is 5. The Morgan fingerprint density at radius 3 is 2.58 bits per heavy atom. The van der Waals surface area contributed by atoms with Crippen molar-refractivity contribution in [1.82, 2.24) is 0 Å². The van der Waals surface area contributed by atoms with Gasteiger partial charge in [0.15, 0.2) is 0 Å². The molecule has 186 valence electrons. The van der Waals surface area contributed by atoms with Crippen molar-refractivity contribution < 1.29 is 32.9 Å². The van der Waals surface area contributed by atoms with Crippen molar-refractivity contribution in [2.45, 2.75) is 82.4 Å². The molecular formula is C26H37F3O4. The zero-order chi connectivity index (χ0) is 23.9. The lowest BCUT2D eigenvalue weighted by molar-refractivity contribution is -0.139. The summed E-state index contributed by atoms with van der Waals surface area (Å²) in [6, 6.07) is 2.96. The Bertz CT molecular complexity index is 842. The van der Waals surface area contributed by atoms with Crippen molar-refractivity contribution in [2.75, 3.05) is 26.9 Å². The molecule has 1 aromatic carbocycles. The van der Waals surface area contributed by atoms with E-state index in [2.05, 4.69) is 6.92 Å². The first-order valence-electron chi connectivity index (χ1n) is 12.3. The first-order chi connectivity index (χ1) is 15.6. The highest BCUT2D eigenvalue weighted by atomic mass is 19.4. The second-order valence-electron chi connectivity index (χ2n) is 10.5. The number of benzene rings is 1. The van der Waals surface area contributed by atoms with Crippen LogP contribution in [0.1, 0.15) is 80.9 Å². The molecule has 0 amide bonds. The average Bonchev–Trinajstić information content (AvgIpc) is 3.03. The van der Waals surface area contributed by atoms with Crippen molar-refractivity contribution in [3.63, 3.8) is 0 Å². The summed E-state index contributed by atoms with van der Waals surface area (Å²) in [5.41, 5.74) is 0.149. The molecule has 2 fully saturated rings. The molecule has 5 unspecified atom stereocenters. The van der Waals surface area contributed by atoms with Crippen LogP contribution in [0.5, 0.6) is 5.75 Å². The molecule has 0 aliphatic heterocycles. The maximum Gasteiger partial charge on any atom is 0.419 e. The second kappa shape index (κ2) is 9.38. The number of halogens is 3. The summed E-state index contributed by atoms with van der Waals surface area (Å²) < 4.78 is 52.1. The van der Waals surface area contributed by atoms with Crippen LogP contribution in [0.2, 0.25) is 0 Å². The summed E-state index contributed by atoms with van der Waals surface area (Å²) >= 11 is 0. The Balaban J connectivity index is 1.61. The normalized spacial score (nSPS) is 33.4. The number of alkyl halides is 3. The van der Waals surface area contributed by atoms with Crippen molar-refractivity contribution in [3.05, 3.63) is 28.8 Å². The minimum absolute atomic E-state index is 0.0830. The molecule has 0 radical (unpaired) electrons. The molecule has 4 rings (SSSR count). The average molecular weight is 471 g/mol. The fraction of sp³-hybridized carbons (Fsp3) is 0.769. The zero-order valence-electron chi connectivity index (χ0n) is 19.7. The number of unbranched alkanes of at least 4 members (excludes halogenated alkanes) is 1. The first kappa shape index (κ1) is 24.8. The molecular weight excluding hydrogens is 433 g/mol. The maximum atomic E-state index is 13.9. The van der Waals surface area contributed by atoms with E-state index >= 15 is 0 Å². The Kier molecular flexibility index (Phi) is 7.05. The highest BCUT2D eigenvalue weighted by molar-refractivity contribution is 5.47. The van der Waals surface area contributed by atoms with Gasteiger partial charge in [0.1, 0.15) is 12.4 Å².